The van der Waals surface area contributed by atoms with Crippen LogP contribution in [0.5, 0.6) is 0 Å². The van der Waals surface area contributed by atoms with Crippen molar-refractivity contribution in [3.63, 3.8) is 0 Å². The molecule has 1 heterocycles. The van der Waals surface area contributed by atoms with Gasteiger partial charge in [0.05, 0.1) is 11.0 Å². The van der Waals surface area contributed by atoms with Crippen molar-refractivity contribution in [3.05, 3.63) is 39.8 Å². The minimum Gasteiger partial charge on any atom is -0.349 e. The Morgan fingerprint density at radius 2 is 2.18 bits per heavy atom. The number of aromatic nitrogens is 2. The third-order valence-electron chi connectivity index (χ3n) is 4.38. The number of fused-ring (bicyclic) bond motifs is 1. The summed E-state index contributed by atoms with van der Waals surface area (Å²) in [6.07, 6.45) is 2.39. The molecule has 116 valence electrons. The second-order valence-corrected chi connectivity index (χ2v) is 6.05. The van der Waals surface area contributed by atoms with Crippen molar-refractivity contribution in [1.82, 2.24) is 14.9 Å². The van der Waals surface area contributed by atoms with Crippen LogP contribution in [0.2, 0.25) is 0 Å². The average molecular weight is 299 g/mol. The number of carbonyl (C=O) groups is 1. The summed E-state index contributed by atoms with van der Waals surface area (Å²) >= 11 is 0. The van der Waals surface area contributed by atoms with Crippen LogP contribution in [0.1, 0.15) is 42.7 Å². The maximum Gasteiger partial charge on any atom is 0.272 e. The van der Waals surface area contributed by atoms with Gasteiger partial charge in [0.15, 0.2) is 0 Å². The van der Waals surface area contributed by atoms with Crippen molar-refractivity contribution in [2.75, 3.05) is 0 Å². The molecule has 22 heavy (non-hydrogen) atoms. The lowest BCUT2D eigenvalue weighted by Crippen LogP contribution is -2.34. The van der Waals surface area contributed by atoms with Crippen molar-refractivity contribution in [2.24, 2.45) is 5.92 Å². The van der Waals surface area contributed by atoms with Gasteiger partial charge in [0.2, 0.25) is 0 Å². The maximum absolute atomic E-state index is 12.3. The van der Waals surface area contributed by atoms with Crippen LogP contribution in [0, 0.1) is 12.8 Å². The third kappa shape index (κ3) is 2.63. The molecule has 1 fully saturated rings. The lowest BCUT2D eigenvalue weighted by Gasteiger charge is -2.14. The van der Waals surface area contributed by atoms with Gasteiger partial charge in [-0.15, -0.1) is 0 Å². The van der Waals surface area contributed by atoms with Crippen LogP contribution in [0.3, 0.4) is 0 Å². The Morgan fingerprint density at radius 3 is 2.82 bits per heavy atom. The predicted octanol–water partition coefficient (Wildman–Crippen LogP) is 2.25. The number of hydrogen-bond acceptors (Lipinski definition) is 3. The molecule has 0 saturated heterocycles. The molecule has 2 aromatic rings. The van der Waals surface area contributed by atoms with Crippen molar-refractivity contribution in [2.45, 2.75) is 46.2 Å². The number of nitrogens with one attached hydrogen (secondary N) is 1. The van der Waals surface area contributed by atoms with Crippen LogP contribution in [-0.2, 0) is 6.54 Å². The first-order valence-corrected chi connectivity index (χ1v) is 7.83. The fourth-order valence-electron chi connectivity index (χ4n) is 2.83. The van der Waals surface area contributed by atoms with Gasteiger partial charge in [-0.2, -0.15) is 0 Å². The van der Waals surface area contributed by atoms with E-state index in [1.165, 1.54) is 12.8 Å². The summed E-state index contributed by atoms with van der Waals surface area (Å²) in [5, 5.41) is 3.04. The third-order valence-corrected chi connectivity index (χ3v) is 4.38. The normalized spacial score (nSPS) is 15.8. The van der Waals surface area contributed by atoms with Crippen LogP contribution in [0.25, 0.3) is 11.0 Å². The molecule has 1 amide bonds. The number of aryl methyl sites for hydroxylation is 2. The molecular formula is C17H21N3O2. The van der Waals surface area contributed by atoms with E-state index in [1.807, 2.05) is 19.9 Å². The monoisotopic (exact) mass is 299 g/mol. The zero-order valence-corrected chi connectivity index (χ0v) is 13.2. The minimum absolute atomic E-state index is 0.0741. The minimum atomic E-state index is -0.0745. The van der Waals surface area contributed by atoms with Gasteiger partial charge < -0.3 is 9.88 Å². The van der Waals surface area contributed by atoms with Gasteiger partial charge in [-0.3, -0.25) is 9.59 Å². The van der Waals surface area contributed by atoms with E-state index in [1.54, 1.807) is 23.6 Å². The summed E-state index contributed by atoms with van der Waals surface area (Å²) in [6.45, 7) is 6.27. The van der Waals surface area contributed by atoms with Crippen LogP contribution in [-0.4, -0.2) is 21.5 Å². The maximum atomic E-state index is 12.3. The summed E-state index contributed by atoms with van der Waals surface area (Å²) in [6, 6.07) is 5.55. The Balaban J connectivity index is 1.97. The smallest absolute Gasteiger partial charge is 0.272 e. The topological polar surface area (TPSA) is 64.0 Å². The second kappa shape index (κ2) is 5.55. The first-order valence-electron chi connectivity index (χ1n) is 7.83. The molecule has 1 aromatic carbocycles. The molecule has 0 bridgehead atoms. The Labute approximate surface area is 129 Å². The van der Waals surface area contributed by atoms with E-state index in [0.29, 0.717) is 29.2 Å². The van der Waals surface area contributed by atoms with E-state index in [2.05, 4.69) is 10.3 Å². The zero-order chi connectivity index (χ0) is 15.9. The van der Waals surface area contributed by atoms with Crippen molar-refractivity contribution >= 4 is 16.9 Å². The van der Waals surface area contributed by atoms with Crippen molar-refractivity contribution in [3.8, 4) is 0 Å². The van der Waals surface area contributed by atoms with E-state index in [-0.39, 0.29) is 17.5 Å². The molecule has 1 N–H and O–H groups in total. The van der Waals surface area contributed by atoms with E-state index in [4.69, 9.17) is 0 Å². The highest BCUT2D eigenvalue weighted by molar-refractivity contribution is 5.97. The summed E-state index contributed by atoms with van der Waals surface area (Å²) in [7, 11) is 0. The second-order valence-electron chi connectivity index (χ2n) is 6.05. The molecule has 1 atom stereocenters. The fourth-order valence-corrected chi connectivity index (χ4v) is 2.83. The highest BCUT2D eigenvalue weighted by atomic mass is 16.1. The molecule has 0 radical (unpaired) electrons. The molecule has 1 saturated carbocycles. The van der Waals surface area contributed by atoms with Gasteiger partial charge in [-0.25, -0.2) is 4.98 Å². The highest BCUT2D eigenvalue weighted by Gasteiger charge is 2.29. The molecular weight excluding hydrogens is 278 g/mol. The number of rotatable bonds is 4. The molecule has 0 aliphatic heterocycles. The van der Waals surface area contributed by atoms with E-state index >= 15 is 0 Å². The lowest BCUT2D eigenvalue weighted by atomic mass is 10.1. The molecule has 1 aromatic heterocycles. The SMILES string of the molecule is CCn1c(=O)c(C)nc2cc(C(=O)N[C@H](C)C3CC3)ccc21. The van der Waals surface area contributed by atoms with Gasteiger partial charge in [0.25, 0.3) is 11.5 Å². The average Bonchev–Trinajstić information content (AvgIpc) is 3.32. The van der Waals surface area contributed by atoms with Crippen LogP contribution < -0.4 is 10.9 Å². The van der Waals surface area contributed by atoms with Crippen molar-refractivity contribution < 1.29 is 4.79 Å². The first-order chi connectivity index (χ1) is 10.5. The summed E-state index contributed by atoms with van der Waals surface area (Å²) in [4.78, 5) is 28.8. The predicted molar refractivity (Wildman–Crippen MR) is 86.1 cm³/mol. The standard InChI is InChI=1S/C17H21N3O2/c1-4-20-15-8-7-13(9-14(15)18-11(3)17(20)22)16(21)19-10(2)12-5-6-12/h7-10,12H,4-6H2,1-3H3,(H,19,21)/t10-/m1/s1. The number of carbonyl (C=O) groups excluding carboxylic acids is 1. The van der Waals surface area contributed by atoms with Gasteiger partial charge in [0.1, 0.15) is 5.69 Å². The molecule has 5 heteroatoms. The van der Waals surface area contributed by atoms with Crippen LogP contribution >= 0.6 is 0 Å². The molecule has 3 rings (SSSR count). The molecule has 1 aliphatic carbocycles. The van der Waals surface area contributed by atoms with Crippen LogP contribution in [0.15, 0.2) is 23.0 Å². The Bertz CT molecular complexity index is 790. The number of amides is 1. The quantitative estimate of drug-likeness (QED) is 0.942. The van der Waals surface area contributed by atoms with E-state index < -0.39 is 0 Å². The zero-order valence-electron chi connectivity index (χ0n) is 13.2. The van der Waals surface area contributed by atoms with Crippen LogP contribution in [0.4, 0.5) is 0 Å². The van der Waals surface area contributed by atoms with E-state index in [9.17, 15) is 9.59 Å². The molecule has 5 nitrogen and oxygen atoms in total. The molecule has 1 aliphatic rings. The molecule has 0 unspecified atom stereocenters. The largest absolute Gasteiger partial charge is 0.349 e. The highest BCUT2D eigenvalue weighted by Crippen LogP contribution is 2.32. The van der Waals surface area contributed by atoms with Gasteiger partial charge in [0, 0.05) is 18.2 Å². The Hall–Kier alpha value is -2.17. The summed E-state index contributed by atoms with van der Waals surface area (Å²) in [5.74, 6) is 0.546. The number of nitrogens with zero attached hydrogens (tertiary/aromatic N) is 2. The summed E-state index contributed by atoms with van der Waals surface area (Å²) in [5.41, 5.74) is 2.43. The Morgan fingerprint density at radius 1 is 1.45 bits per heavy atom. The van der Waals surface area contributed by atoms with Gasteiger partial charge >= 0.3 is 0 Å². The molecule has 0 spiro atoms. The first kappa shape index (κ1) is 14.8. The fraction of sp³-hybridized carbons (Fsp3) is 0.471. The Kier molecular flexibility index (Phi) is 3.72. The lowest BCUT2D eigenvalue weighted by molar-refractivity contribution is 0.0936. The van der Waals surface area contributed by atoms with Crippen molar-refractivity contribution in [1.29, 1.82) is 0 Å². The summed E-state index contributed by atoms with van der Waals surface area (Å²) < 4.78 is 1.69. The van der Waals surface area contributed by atoms with Gasteiger partial charge in [-0.05, 0) is 57.7 Å². The van der Waals surface area contributed by atoms with E-state index in [0.717, 1.165) is 5.52 Å². The van der Waals surface area contributed by atoms with Gasteiger partial charge in [-0.1, -0.05) is 0 Å². The number of hydrogen-bond donors (Lipinski definition) is 1. The number of benzene rings is 1.